The van der Waals surface area contributed by atoms with Crippen molar-refractivity contribution in [2.75, 3.05) is 26.7 Å². The second kappa shape index (κ2) is 8.65. The lowest BCUT2D eigenvalue weighted by molar-refractivity contribution is -0.159. The van der Waals surface area contributed by atoms with Crippen LogP contribution in [-0.4, -0.2) is 53.1 Å². The maximum absolute atomic E-state index is 12.9. The number of hydrogen-bond acceptors (Lipinski definition) is 4. The molecule has 2 fully saturated rings. The van der Waals surface area contributed by atoms with E-state index in [9.17, 15) is 9.90 Å². The Kier molecular flexibility index (Phi) is 6.53. The van der Waals surface area contributed by atoms with Crippen molar-refractivity contribution in [2.45, 2.75) is 63.5 Å². The number of hydrogen-bond donors (Lipinski definition) is 1. The topological polar surface area (TPSA) is 43.8 Å². The van der Waals surface area contributed by atoms with Crippen molar-refractivity contribution in [3.8, 4) is 0 Å². The predicted octanol–water partition coefficient (Wildman–Crippen LogP) is 3.50. The van der Waals surface area contributed by atoms with Crippen LogP contribution in [-0.2, 0) is 11.3 Å². The van der Waals surface area contributed by atoms with Crippen LogP contribution in [0.25, 0.3) is 0 Å². The molecule has 1 N–H and O–H groups in total. The standard InChI is InChI=1S/C20H32N2O2S/c1-21(14-18-9-13-25-15-18)16-20(24)10-5-11-22(19(20)23)12-8-17-6-3-2-4-7-17/h9,13,15,17,24H,2-8,10-12,14,16H2,1H3/t20-/m1/s1. The van der Waals surface area contributed by atoms with Gasteiger partial charge in [0, 0.05) is 26.2 Å². The molecule has 1 aliphatic heterocycles. The largest absolute Gasteiger partial charge is 0.379 e. The van der Waals surface area contributed by atoms with E-state index in [-0.39, 0.29) is 5.91 Å². The third-order valence-corrected chi connectivity index (χ3v) is 6.53. The summed E-state index contributed by atoms with van der Waals surface area (Å²) in [6, 6.07) is 2.10. The summed E-state index contributed by atoms with van der Waals surface area (Å²) in [5.41, 5.74) is 0.0313. The molecule has 0 aromatic carbocycles. The molecule has 25 heavy (non-hydrogen) atoms. The highest BCUT2D eigenvalue weighted by Crippen LogP contribution is 2.29. The van der Waals surface area contributed by atoms with Crippen molar-refractivity contribution < 1.29 is 9.90 Å². The molecular formula is C20H32N2O2S. The smallest absolute Gasteiger partial charge is 0.255 e. The number of carbonyl (C=O) groups is 1. The van der Waals surface area contributed by atoms with Crippen LogP contribution >= 0.6 is 11.3 Å². The third-order valence-electron chi connectivity index (χ3n) is 5.80. The molecule has 2 heterocycles. The van der Waals surface area contributed by atoms with Gasteiger partial charge in [-0.1, -0.05) is 32.1 Å². The molecule has 1 atom stereocenters. The lowest BCUT2D eigenvalue weighted by atomic mass is 9.86. The van der Waals surface area contributed by atoms with Gasteiger partial charge in [0.15, 0.2) is 5.60 Å². The monoisotopic (exact) mass is 364 g/mol. The van der Waals surface area contributed by atoms with Gasteiger partial charge in [-0.25, -0.2) is 0 Å². The van der Waals surface area contributed by atoms with E-state index in [1.165, 1.54) is 37.7 Å². The highest BCUT2D eigenvalue weighted by molar-refractivity contribution is 7.07. The fourth-order valence-corrected chi connectivity index (χ4v) is 5.10. The van der Waals surface area contributed by atoms with E-state index in [0.29, 0.717) is 13.0 Å². The summed E-state index contributed by atoms with van der Waals surface area (Å²) in [4.78, 5) is 16.9. The van der Waals surface area contributed by atoms with E-state index in [1.54, 1.807) is 11.3 Å². The minimum Gasteiger partial charge on any atom is -0.379 e. The molecule has 1 saturated carbocycles. The number of rotatable bonds is 7. The number of piperidine rings is 1. The Morgan fingerprint density at radius 3 is 2.84 bits per heavy atom. The van der Waals surface area contributed by atoms with E-state index in [4.69, 9.17) is 0 Å². The molecule has 2 aliphatic rings. The lowest BCUT2D eigenvalue weighted by Crippen LogP contribution is -2.58. The van der Waals surface area contributed by atoms with Crippen molar-refractivity contribution >= 4 is 17.2 Å². The minimum absolute atomic E-state index is 0.0493. The van der Waals surface area contributed by atoms with E-state index < -0.39 is 5.60 Å². The van der Waals surface area contributed by atoms with Gasteiger partial charge < -0.3 is 10.0 Å². The molecule has 1 aromatic rings. The van der Waals surface area contributed by atoms with Crippen molar-refractivity contribution in [3.05, 3.63) is 22.4 Å². The molecular weight excluding hydrogens is 332 g/mol. The summed E-state index contributed by atoms with van der Waals surface area (Å²) in [7, 11) is 1.99. The number of carbonyl (C=O) groups excluding carboxylic acids is 1. The van der Waals surface area contributed by atoms with E-state index in [2.05, 4.69) is 21.7 Å². The first-order valence-corrected chi connectivity index (χ1v) is 10.7. The van der Waals surface area contributed by atoms with Crippen LogP contribution in [0.5, 0.6) is 0 Å². The summed E-state index contributed by atoms with van der Waals surface area (Å²) >= 11 is 1.68. The minimum atomic E-state index is -1.21. The second-order valence-electron chi connectivity index (χ2n) is 8.02. The maximum Gasteiger partial charge on any atom is 0.255 e. The molecule has 5 heteroatoms. The number of thiophene rings is 1. The molecule has 1 aromatic heterocycles. The fourth-order valence-electron chi connectivity index (χ4n) is 4.44. The van der Waals surface area contributed by atoms with Gasteiger partial charge in [0.2, 0.25) is 0 Å². The quantitative estimate of drug-likeness (QED) is 0.805. The summed E-state index contributed by atoms with van der Waals surface area (Å²) in [6.07, 6.45) is 9.28. The van der Waals surface area contributed by atoms with Gasteiger partial charge in [0.1, 0.15) is 0 Å². The molecule has 0 unspecified atom stereocenters. The first-order chi connectivity index (χ1) is 12.1. The number of nitrogens with zero attached hydrogens (tertiary/aromatic N) is 2. The highest BCUT2D eigenvalue weighted by atomic mass is 32.1. The molecule has 1 amide bonds. The average Bonchev–Trinajstić information content (AvgIpc) is 3.10. The zero-order valence-corrected chi connectivity index (χ0v) is 16.3. The zero-order chi connectivity index (χ0) is 17.7. The van der Waals surface area contributed by atoms with Crippen LogP contribution in [0.4, 0.5) is 0 Å². The third kappa shape index (κ3) is 5.05. The van der Waals surface area contributed by atoms with Crippen LogP contribution in [0, 0.1) is 5.92 Å². The fraction of sp³-hybridized carbons (Fsp3) is 0.750. The van der Waals surface area contributed by atoms with Crippen molar-refractivity contribution in [1.29, 1.82) is 0 Å². The average molecular weight is 365 g/mol. The first-order valence-electron chi connectivity index (χ1n) is 9.78. The molecule has 3 rings (SSSR count). The summed E-state index contributed by atoms with van der Waals surface area (Å²) in [6.45, 7) is 2.82. The normalized spacial score (nSPS) is 25.7. The van der Waals surface area contributed by atoms with Crippen molar-refractivity contribution in [3.63, 3.8) is 0 Å². The summed E-state index contributed by atoms with van der Waals surface area (Å²) in [5.74, 6) is 0.726. The molecule has 0 radical (unpaired) electrons. The summed E-state index contributed by atoms with van der Waals surface area (Å²) < 4.78 is 0. The van der Waals surface area contributed by atoms with Crippen LogP contribution in [0.1, 0.15) is 56.9 Å². The van der Waals surface area contributed by atoms with Crippen LogP contribution in [0.15, 0.2) is 16.8 Å². The number of amides is 1. The van der Waals surface area contributed by atoms with E-state index in [0.717, 1.165) is 38.4 Å². The van der Waals surface area contributed by atoms with Gasteiger partial charge in [-0.05, 0) is 54.6 Å². The first kappa shape index (κ1) is 18.9. The molecule has 1 saturated heterocycles. The Balaban J connectivity index is 1.52. The number of aliphatic hydroxyl groups is 1. The van der Waals surface area contributed by atoms with Crippen molar-refractivity contribution in [2.24, 2.45) is 5.92 Å². The van der Waals surface area contributed by atoms with Gasteiger partial charge in [-0.2, -0.15) is 11.3 Å². The Morgan fingerprint density at radius 1 is 1.32 bits per heavy atom. The summed E-state index contributed by atoms with van der Waals surface area (Å²) in [5, 5.41) is 15.2. The molecule has 0 bridgehead atoms. The Hall–Kier alpha value is -0.910. The SMILES string of the molecule is CN(Cc1ccsc1)C[C@]1(O)CCCN(CCC2CCCCC2)C1=O. The Morgan fingerprint density at radius 2 is 2.12 bits per heavy atom. The molecule has 4 nitrogen and oxygen atoms in total. The maximum atomic E-state index is 12.9. The highest BCUT2D eigenvalue weighted by Gasteiger charge is 2.42. The lowest BCUT2D eigenvalue weighted by Gasteiger charge is -2.40. The van der Waals surface area contributed by atoms with Gasteiger partial charge >= 0.3 is 0 Å². The van der Waals surface area contributed by atoms with Crippen molar-refractivity contribution in [1.82, 2.24) is 9.80 Å². The molecule has 0 spiro atoms. The zero-order valence-electron chi connectivity index (χ0n) is 15.5. The van der Waals surface area contributed by atoms with E-state index >= 15 is 0 Å². The van der Waals surface area contributed by atoms with E-state index in [1.807, 2.05) is 11.9 Å². The van der Waals surface area contributed by atoms with Gasteiger partial charge in [0.25, 0.3) is 5.91 Å². The molecule has 140 valence electrons. The van der Waals surface area contributed by atoms with Gasteiger partial charge in [-0.15, -0.1) is 0 Å². The van der Waals surface area contributed by atoms with Gasteiger partial charge in [0.05, 0.1) is 0 Å². The van der Waals surface area contributed by atoms with Crippen LogP contribution in [0.2, 0.25) is 0 Å². The Labute approximate surface area is 155 Å². The predicted molar refractivity (Wildman–Crippen MR) is 103 cm³/mol. The Bertz CT molecular complexity index is 542. The second-order valence-corrected chi connectivity index (χ2v) is 8.80. The van der Waals surface area contributed by atoms with Crippen LogP contribution in [0.3, 0.4) is 0 Å². The van der Waals surface area contributed by atoms with Crippen LogP contribution < -0.4 is 0 Å². The number of likely N-dealkylation sites (tertiary alicyclic amines) is 1. The molecule has 1 aliphatic carbocycles. The number of likely N-dealkylation sites (N-methyl/N-ethyl adjacent to an activating group) is 1. The van der Waals surface area contributed by atoms with Gasteiger partial charge in [-0.3, -0.25) is 9.69 Å².